The molecule has 0 spiro atoms. The van der Waals surface area contributed by atoms with Gasteiger partial charge in [0, 0.05) is 30.0 Å². The molecule has 1 aliphatic rings. The van der Waals surface area contributed by atoms with E-state index in [9.17, 15) is 8.42 Å². The normalized spacial score (nSPS) is 21.3. The zero-order valence-electron chi connectivity index (χ0n) is 10.8. The van der Waals surface area contributed by atoms with Crippen LogP contribution in [0, 0.1) is 0 Å². The summed E-state index contributed by atoms with van der Waals surface area (Å²) in [6, 6.07) is 1.65. The number of halogens is 1. The number of aromatic nitrogens is 1. The first kappa shape index (κ1) is 14.9. The topological polar surface area (TPSA) is 62.3 Å². The summed E-state index contributed by atoms with van der Waals surface area (Å²) in [5.41, 5.74) is 0. The summed E-state index contributed by atoms with van der Waals surface area (Å²) >= 11 is 3.26. The van der Waals surface area contributed by atoms with E-state index in [1.165, 1.54) is 10.5 Å². The molecule has 7 heteroatoms. The highest BCUT2D eigenvalue weighted by atomic mass is 79.9. The molecule has 1 aromatic heterocycles. The van der Waals surface area contributed by atoms with Gasteiger partial charge in [0.1, 0.15) is 4.90 Å². The number of rotatable bonds is 3. The molecule has 0 radical (unpaired) electrons. The Morgan fingerprint density at radius 1 is 1.37 bits per heavy atom. The number of sulfonamides is 1. The predicted molar refractivity (Wildman–Crippen MR) is 77.4 cm³/mol. The van der Waals surface area contributed by atoms with Crippen molar-refractivity contribution < 1.29 is 8.42 Å². The smallest absolute Gasteiger partial charge is 0.244 e. The second kappa shape index (κ2) is 6.30. The number of nitrogens with zero attached hydrogens (tertiary/aromatic N) is 2. The molecule has 0 saturated carbocycles. The van der Waals surface area contributed by atoms with Gasteiger partial charge in [-0.05, 0) is 54.3 Å². The summed E-state index contributed by atoms with van der Waals surface area (Å²) in [6.45, 7) is 1.82. The van der Waals surface area contributed by atoms with Crippen molar-refractivity contribution in [2.75, 3.05) is 20.1 Å². The molecule has 1 aromatic rings. The molecule has 1 unspecified atom stereocenters. The standard InChI is InChI=1S/C12H18BrN3O2S/c1-16(11-3-2-5-14-6-4-11)19(17,18)12-7-10(13)8-15-9-12/h7-9,11,14H,2-6H2,1H3. The molecule has 0 aliphatic carbocycles. The largest absolute Gasteiger partial charge is 0.317 e. The van der Waals surface area contributed by atoms with Gasteiger partial charge in [-0.25, -0.2) is 8.42 Å². The Hall–Kier alpha value is -0.500. The zero-order chi connectivity index (χ0) is 13.9. The maximum atomic E-state index is 12.5. The lowest BCUT2D eigenvalue weighted by molar-refractivity contribution is 0.341. The van der Waals surface area contributed by atoms with Crippen molar-refractivity contribution in [3.63, 3.8) is 0 Å². The van der Waals surface area contributed by atoms with Gasteiger partial charge in [-0.1, -0.05) is 0 Å². The van der Waals surface area contributed by atoms with Crippen molar-refractivity contribution in [1.29, 1.82) is 0 Å². The molecule has 1 N–H and O–H groups in total. The molecule has 5 nitrogen and oxygen atoms in total. The van der Waals surface area contributed by atoms with E-state index in [0.717, 1.165) is 32.4 Å². The van der Waals surface area contributed by atoms with Crippen molar-refractivity contribution in [1.82, 2.24) is 14.6 Å². The van der Waals surface area contributed by atoms with Crippen LogP contribution in [-0.4, -0.2) is 43.9 Å². The summed E-state index contributed by atoms with van der Waals surface area (Å²) < 4.78 is 27.2. The average Bonchev–Trinajstić information content (AvgIpc) is 2.66. The molecule has 0 amide bonds. The molecule has 0 aromatic carbocycles. The van der Waals surface area contributed by atoms with Gasteiger partial charge in [-0.2, -0.15) is 4.31 Å². The summed E-state index contributed by atoms with van der Waals surface area (Å²) in [6.07, 6.45) is 5.71. The summed E-state index contributed by atoms with van der Waals surface area (Å²) in [4.78, 5) is 4.17. The van der Waals surface area contributed by atoms with Gasteiger partial charge in [0.2, 0.25) is 10.0 Å². The Labute approximate surface area is 122 Å². The molecule has 1 saturated heterocycles. The van der Waals surface area contributed by atoms with E-state index in [1.54, 1.807) is 19.3 Å². The van der Waals surface area contributed by atoms with Crippen molar-refractivity contribution >= 4 is 26.0 Å². The summed E-state index contributed by atoms with van der Waals surface area (Å²) in [5, 5.41) is 3.29. The van der Waals surface area contributed by atoms with Crippen LogP contribution in [0.5, 0.6) is 0 Å². The van der Waals surface area contributed by atoms with Gasteiger partial charge >= 0.3 is 0 Å². The van der Waals surface area contributed by atoms with Crippen molar-refractivity contribution in [3.8, 4) is 0 Å². The predicted octanol–water partition coefficient (Wildman–Crippen LogP) is 1.61. The monoisotopic (exact) mass is 347 g/mol. The van der Waals surface area contributed by atoms with Gasteiger partial charge in [0.25, 0.3) is 0 Å². The first-order chi connectivity index (χ1) is 9.01. The van der Waals surface area contributed by atoms with Gasteiger partial charge in [-0.15, -0.1) is 0 Å². The highest BCUT2D eigenvalue weighted by molar-refractivity contribution is 9.10. The summed E-state index contributed by atoms with van der Waals surface area (Å²) in [7, 11) is -1.81. The zero-order valence-corrected chi connectivity index (χ0v) is 13.2. The lowest BCUT2D eigenvalue weighted by Crippen LogP contribution is -2.37. The molecule has 0 bridgehead atoms. The minimum absolute atomic E-state index is 0.0546. The molecule has 2 rings (SSSR count). The Balaban J connectivity index is 2.23. The van der Waals surface area contributed by atoms with Gasteiger partial charge < -0.3 is 5.32 Å². The lowest BCUT2D eigenvalue weighted by Gasteiger charge is -2.26. The van der Waals surface area contributed by atoms with E-state index in [-0.39, 0.29) is 10.9 Å². The third-order valence-electron chi connectivity index (χ3n) is 3.42. The van der Waals surface area contributed by atoms with Crippen LogP contribution >= 0.6 is 15.9 Å². The number of hydrogen-bond donors (Lipinski definition) is 1. The van der Waals surface area contributed by atoms with E-state index in [0.29, 0.717) is 4.47 Å². The van der Waals surface area contributed by atoms with Gasteiger partial charge in [0.15, 0.2) is 0 Å². The minimum atomic E-state index is -3.46. The van der Waals surface area contributed by atoms with E-state index in [4.69, 9.17) is 0 Å². The quantitative estimate of drug-likeness (QED) is 0.902. The summed E-state index contributed by atoms with van der Waals surface area (Å²) in [5.74, 6) is 0. The fourth-order valence-corrected chi connectivity index (χ4v) is 4.18. The molecule has 1 fully saturated rings. The van der Waals surface area contributed by atoms with Crippen molar-refractivity contribution in [3.05, 3.63) is 22.9 Å². The van der Waals surface area contributed by atoms with Crippen LogP contribution in [0.2, 0.25) is 0 Å². The first-order valence-corrected chi connectivity index (χ1v) is 8.54. The SMILES string of the molecule is CN(C1CCCNCC1)S(=O)(=O)c1cncc(Br)c1. The van der Waals surface area contributed by atoms with Crippen LogP contribution in [-0.2, 0) is 10.0 Å². The molecular formula is C12H18BrN3O2S. The molecule has 2 heterocycles. The van der Waals surface area contributed by atoms with Crippen LogP contribution in [0.1, 0.15) is 19.3 Å². The minimum Gasteiger partial charge on any atom is -0.317 e. The molecule has 19 heavy (non-hydrogen) atoms. The van der Waals surface area contributed by atoms with Crippen LogP contribution in [0.15, 0.2) is 27.8 Å². The van der Waals surface area contributed by atoms with Crippen LogP contribution < -0.4 is 5.32 Å². The fraction of sp³-hybridized carbons (Fsp3) is 0.583. The Morgan fingerprint density at radius 2 is 2.16 bits per heavy atom. The van der Waals surface area contributed by atoms with E-state index in [2.05, 4.69) is 26.2 Å². The van der Waals surface area contributed by atoms with Crippen LogP contribution in [0.3, 0.4) is 0 Å². The Bertz CT molecular complexity index is 528. The van der Waals surface area contributed by atoms with E-state index in [1.807, 2.05) is 0 Å². The number of pyridine rings is 1. The third kappa shape index (κ3) is 3.53. The second-order valence-electron chi connectivity index (χ2n) is 4.69. The Morgan fingerprint density at radius 3 is 2.89 bits per heavy atom. The average molecular weight is 348 g/mol. The highest BCUT2D eigenvalue weighted by Gasteiger charge is 2.28. The van der Waals surface area contributed by atoms with E-state index >= 15 is 0 Å². The molecular weight excluding hydrogens is 330 g/mol. The number of nitrogens with one attached hydrogen (secondary N) is 1. The van der Waals surface area contributed by atoms with Gasteiger partial charge in [0.05, 0.1) is 0 Å². The lowest BCUT2D eigenvalue weighted by atomic mass is 10.1. The van der Waals surface area contributed by atoms with Crippen molar-refractivity contribution in [2.45, 2.75) is 30.2 Å². The third-order valence-corrected chi connectivity index (χ3v) is 5.73. The van der Waals surface area contributed by atoms with E-state index < -0.39 is 10.0 Å². The fourth-order valence-electron chi connectivity index (χ4n) is 2.26. The van der Waals surface area contributed by atoms with Crippen LogP contribution in [0.4, 0.5) is 0 Å². The highest BCUT2D eigenvalue weighted by Crippen LogP contribution is 2.22. The maximum Gasteiger partial charge on any atom is 0.244 e. The van der Waals surface area contributed by atoms with Crippen molar-refractivity contribution in [2.24, 2.45) is 0 Å². The molecule has 1 atom stereocenters. The number of hydrogen-bond acceptors (Lipinski definition) is 4. The Kier molecular flexibility index (Phi) is 4.94. The van der Waals surface area contributed by atoms with Crippen LogP contribution in [0.25, 0.3) is 0 Å². The van der Waals surface area contributed by atoms with Gasteiger partial charge in [-0.3, -0.25) is 4.98 Å². The maximum absolute atomic E-state index is 12.5. The molecule has 1 aliphatic heterocycles. The molecule has 106 valence electrons. The first-order valence-electron chi connectivity index (χ1n) is 6.31. The second-order valence-corrected chi connectivity index (χ2v) is 7.61.